The Kier molecular flexibility index (Phi) is 4.49. The first-order valence-electron chi connectivity index (χ1n) is 6.88. The first kappa shape index (κ1) is 14.9. The molecule has 1 aliphatic heterocycles. The predicted octanol–water partition coefficient (Wildman–Crippen LogP) is 2.55. The van der Waals surface area contributed by atoms with Crippen LogP contribution in [0, 0.1) is 18.3 Å². The third-order valence-corrected chi connectivity index (χ3v) is 3.42. The summed E-state index contributed by atoms with van der Waals surface area (Å²) in [6.07, 6.45) is 2.39. The lowest BCUT2D eigenvalue weighted by atomic mass is 10.0. The number of hydrogen-bond acceptors (Lipinski definition) is 4. The van der Waals surface area contributed by atoms with Crippen molar-refractivity contribution < 1.29 is 14.3 Å². The minimum Gasteiger partial charge on any atom is -0.454 e. The molecule has 21 heavy (non-hydrogen) atoms. The summed E-state index contributed by atoms with van der Waals surface area (Å²) >= 11 is 0. The molecule has 1 aliphatic rings. The standard InChI is InChI=1S/C16H18N2O3/c1-4-11(3)18-16(19)13(8-17)6-12-7-15-14(5-10(12)2)20-9-21-15/h5-7,11H,4,9H2,1-3H3,(H,18,19)/b13-6+/t11-/m1/s1. The van der Waals surface area contributed by atoms with E-state index in [0.29, 0.717) is 11.5 Å². The van der Waals surface area contributed by atoms with Gasteiger partial charge in [-0.05, 0) is 49.6 Å². The van der Waals surface area contributed by atoms with Gasteiger partial charge in [-0.2, -0.15) is 5.26 Å². The SMILES string of the molecule is CC[C@@H](C)NC(=O)/C(C#N)=C/c1cc2c(cc1C)OCO2. The van der Waals surface area contributed by atoms with Gasteiger partial charge in [0, 0.05) is 6.04 Å². The quantitative estimate of drug-likeness (QED) is 0.682. The van der Waals surface area contributed by atoms with Gasteiger partial charge in [0.15, 0.2) is 11.5 Å². The topological polar surface area (TPSA) is 71.4 Å². The fourth-order valence-corrected chi connectivity index (χ4v) is 1.92. The molecule has 2 rings (SSSR count). The second kappa shape index (κ2) is 6.31. The number of aryl methyl sites for hydroxylation is 1. The van der Waals surface area contributed by atoms with Gasteiger partial charge in [0.1, 0.15) is 11.6 Å². The second-order valence-electron chi connectivity index (χ2n) is 5.01. The normalized spacial score (nSPS) is 14.5. The molecule has 0 saturated heterocycles. The van der Waals surface area contributed by atoms with E-state index in [-0.39, 0.29) is 24.3 Å². The van der Waals surface area contributed by atoms with E-state index in [1.165, 1.54) is 0 Å². The van der Waals surface area contributed by atoms with Crippen LogP contribution in [-0.4, -0.2) is 18.7 Å². The zero-order valence-corrected chi connectivity index (χ0v) is 12.4. The van der Waals surface area contributed by atoms with Gasteiger partial charge >= 0.3 is 0 Å². The highest BCUT2D eigenvalue weighted by Crippen LogP contribution is 2.35. The van der Waals surface area contributed by atoms with E-state index in [4.69, 9.17) is 9.47 Å². The molecule has 0 unspecified atom stereocenters. The summed E-state index contributed by atoms with van der Waals surface area (Å²) in [7, 11) is 0. The lowest BCUT2D eigenvalue weighted by Crippen LogP contribution is -2.32. The molecule has 1 heterocycles. The predicted molar refractivity (Wildman–Crippen MR) is 78.8 cm³/mol. The van der Waals surface area contributed by atoms with Crippen molar-refractivity contribution in [3.05, 3.63) is 28.8 Å². The summed E-state index contributed by atoms with van der Waals surface area (Å²) < 4.78 is 10.6. The minimum absolute atomic E-state index is 0.0344. The number of nitrogens with zero attached hydrogens (tertiary/aromatic N) is 1. The smallest absolute Gasteiger partial charge is 0.262 e. The van der Waals surface area contributed by atoms with Crippen LogP contribution in [0.4, 0.5) is 0 Å². The maximum Gasteiger partial charge on any atom is 0.262 e. The Hall–Kier alpha value is -2.48. The molecule has 0 aromatic heterocycles. The van der Waals surface area contributed by atoms with Crippen LogP contribution < -0.4 is 14.8 Å². The number of rotatable bonds is 4. The van der Waals surface area contributed by atoms with E-state index in [9.17, 15) is 10.1 Å². The Bertz CT molecular complexity index is 629. The van der Waals surface area contributed by atoms with E-state index in [1.54, 1.807) is 12.1 Å². The second-order valence-corrected chi connectivity index (χ2v) is 5.01. The highest BCUT2D eigenvalue weighted by molar-refractivity contribution is 6.02. The molecule has 1 aromatic carbocycles. The number of nitriles is 1. The van der Waals surface area contributed by atoms with Crippen molar-refractivity contribution in [1.29, 1.82) is 5.26 Å². The fraction of sp³-hybridized carbons (Fsp3) is 0.375. The number of hydrogen-bond donors (Lipinski definition) is 1. The Morgan fingerprint density at radius 1 is 1.48 bits per heavy atom. The van der Waals surface area contributed by atoms with Crippen LogP contribution in [0.1, 0.15) is 31.4 Å². The van der Waals surface area contributed by atoms with Gasteiger partial charge in [-0.1, -0.05) is 6.92 Å². The Balaban J connectivity index is 2.28. The number of amides is 1. The molecule has 0 saturated carbocycles. The summed E-state index contributed by atoms with van der Waals surface area (Å²) in [5, 5.41) is 12.0. The van der Waals surface area contributed by atoms with Crippen molar-refractivity contribution in [1.82, 2.24) is 5.32 Å². The monoisotopic (exact) mass is 286 g/mol. The highest BCUT2D eigenvalue weighted by atomic mass is 16.7. The minimum atomic E-state index is -0.357. The number of ether oxygens (including phenoxy) is 2. The molecule has 1 amide bonds. The third-order valence-electron chi connectivity index (χ3n) is 3.42. The Morgan fingerprint density at radius 2 is 2.14 bits per heavy atom. The number of benzene rings is 1. The number of nitrogens with one attached hydrogen (secondary N) is 1. The summed E-state index contributed by atoms with van der Waals surface area (Å²) in [5.41, 5.74) is 1.77. The lowest BCUT2D eigenvalue weighted by Gasteiger charge is -2.10. The molecular formula is C16H18N2O3. The molecule has 0 radical (unpaired) electrons. The third kappa shape index (κ3) is 3.34. The molecule has 0 spiro atoms. The van der Waals surface area contributed by atoms with Gasteiger partial charge in [0.2, 0.25) is 6.79 Å². The molecule has 0 aliphatic carbocycles. The summed E-state index contributed by atoms with van der Waals surface area (Å²) in [4.78, 5) is 12.0. The van der Waals surface area contributed by atoms with Crippen molar-refractivity contribution in [3.63, 3.8) is 0 Å². The molecule has 0 bridgehead atoms. The van der Waals surface area contributed by atoms with Gasteiger partial charge in [0.05, 0.1) is 0 Å². The van der Waals surface area contributed by atoms with Crippen LogP contribution in [0.5, 0.6) is 11.5 Å². The van der Waals surface area contributed by atoms with Gasteiger partial charge in [-0.25, -0.2) is 0 Å². The Labute approximate surface area is 124 Å². The van der Waals surface area contributed by atoms with E-state index >= 15 is 0 Å². The summed E-state index contributed by atoms with van der Waals surface area (Å²) in [6.45, 7) is 5.97. The van der Waals surface area contributed by atoms with E-state index < -0.39 is 0 Å². The van der Waals surface area contributed by atoms with Crippen LogP contribution in [-0.2, 0) is 4.79 Å². The van der Waals surface area contributed by atoms with Gasteiger partial charge in [-0.15, -0.1) is 0 Å². The zero-order chi connectivity index (χ0) is 15.4. The molecule has 5 nitrogen and oxygen atoms in total. The van der Waals surface area contributed by atoms with E-state index in [1.807, 2.05) is 32.9 Å². The zero-order valence-electron chi connectivity index (χ0n) is 12.4. The lowest BCUT2D eigenvalue weighted by molar-refractivity contribution is -0.117. The summed E-state index contributed by atoms with van der Waals surface area (Å²) in [6, 6.07) is 5.61. The van der Waals surface area contributed by atoms with Crippen LogP contribution in [0.3, 0.4) is 0 Å². The maximum atomic E-state index is 12.0. The molecule has 1 N–H and O–H groups in total. The number of carbonyl (C=O) groups excluding carboxylic acids is 1. The van der Waals surface area contributed by atoms with Crippen molar-refractivity contribution in [2.24, 2.45) is 0 Å². The largest absolute Gasteiger partial charge is 0.454 e. The van der Waals surface area contributed by atoms with E-state index in [2.05, 4.69) is 5.32 Å². The molecular weight excluding hydrogens is 268 g/mol. The summed E-state index contributed by atoms with van der Waals surface area (Å²) in [5.74, 6) is 0.961. The van der Waals surface area contributed by atoms with Crippen molar-refractivity contribution in [2.75, 3.05) is 6.79 Å². The number of carbonyl (C=O) groups is 1. The van der Waals surface area contributed by atoms with Crippen LogP contribution in [0.25, 0.3) is 6.08 Å². The van der Waals surface area contributed by atoms with Crippen LogP contribution in [0.2, 0.25) is 0 Å². The molecule has 110 valence electrons. The van der Waals surface area contributed by atoms with Crippen molar-refractivity contribution in [2.45, 2.75) is 33.2 Å². The fourth-order valence-electron chi connectivity index (χ4n) is 1.92. The van der Waals surface area contributed by atoms with Crippen LogP contribution in [0.15, 0.2) is 17.7 Å². The van der Waals surface area contributed by atoms with E-state index in [0.717, 1.165) is 17.5 Å². The molecule has 1 aromatic rings. The average Bonchev–Trinajstić information content (AvgIpc) is 2.91. The maximum absolute atomic E-state index is 12.0. The molecule has 0 fully saturated rings. The first-order valence-corrected chi connectivity index (χ1v) is 6.88. The average molecular weight is 286 g/mol. The Morgan fingerprint density at radius 3 is 2.76 bits per heavy atom. The van der Waals surface area contributed by atoms with Gasteiger partial charge < -0.3 is 14.8 Å². The van der Waals surface area contributed by atoms with Gasteiger partial charge in [0.25, 0.3) is 5.91 Å². The highest BCUT2D eigenvalue weighted by Gasteiger charge is 2.17. The van der Waals surface area contributed by atoms with Crippen molar-refractivity contribution in [3.8, 4) is 17.6 Å². The molecule has 5 heteroatoms. The van der Waals surface area contributed by atoms with Crippen LogP contribution >= 0.6 is 0 Å². The van der Waals surface area contributed by atoms with Gasteiger partial charge in [-0.3, -0.25) is 4.79 Å². The first-order chi connectivity index (χ1) is 10.0. The molecule has 1 atom stereocenters. The number of fused-ring (bicyclic) bond motifs is 1. The van der Waals surface area contributed by atoms with Crippen molar-refractivity contribution >= 4 is 12.0 Å².